The normalized spacial score (nSPS) is 11.8. The summed E-state index contributed by atoms with van der Waals surface area (Å²) < 4.78 is 31.3. The number of H-pyrrole nitrogens is 1. The number of carbonyl (C=O) groups excluding carboxylic acids is 2. The van der Waals surface area contributed by atoms with E-state index in [0.29, 0.717) is 11.8 Å². The van der Waals surface area contributed by atoms with Gasteiger partial charge in [-0.2, -0.15) is 5.10 Å². The molecular formula is C14H13F2N3O3. The molecule has 8 heteroatoms. The van der Waals surface area contributed by atoms with Crippen molar-refractivity contribution in [1.29, 1.82) is 0 Å². The van der Waals surface area contributed by atoms with E-state index in [9.17, 15) is 18.4 Å². The summed E-state index contributed by atoms with van der Waals surface area (Å²) >= 11 is 0. The maximum absolute atomic E-state index is 13.8. The lowest BCUT2D eigenvalue weighted by Crippen LogP contribution is -2.36. The highest BCUT2D eigenvalue weighted by atomic mass is 19.1. The van der Waals surface area contributed by atoms with Crippen molar-refractivity contribution in [2.24, 2.45) is 0 Å². The van der Waals surface area contributed by atoms with Gasteiger partial charge in [0.15, 0.2) is 6.04 Å². The summed E-state index contributed by atoms with van der Waals surface area (Å²) in [6.07, 6.45) is 1.40. The summed E-state index contributed by atoms with van der Waals surface area (Å²) in [4.78, 5) is 23.7. The first kappa shape index (κ1) is 15.6. The smallest absolute Gasteiger partial charge is 0.333 e. The predicted octanol–water partition coefficient (Wildman–Crippen LogP) is 1.26. The second-order valence-electron chi connectivity index (χ2n) is 4.45. The second-order valence-corrected chi connectivity index (χ2v) is 4.45. The van der Waals surface area contributed by atoms with E-state index < -0.39 is 29.6 Å². The molecule has 0 spiro atoms. The van der Waals surface area contributed by atoms with Gasteiger partial charge in [0.2, 0.25) is 5.91 Å². The van der Waals surface area contributed by atoms with E-state index >= 15 is 0 Å². The number of aromatic amines is 1. The minimum Gasteiger partial charge on any atom is -0.467 e. The van der Waals surface area contributed by atoms with Crippen molar-refractivity contribution in [3.63, 3.8) is 0 Å². The van der Waals surface area contributed by atoms with Crippen LogP contribution in [0.2, 0.25) is 0 Å². The quantitative estimate of drug-likeness (QED) is 0.815. The Morgan fingerprint density at radius 1 is 1.36 bits per heavy atom. The van der Waals surface area contributed by atoms with E-state index in [2.05, 4.69) is 20.3 Å². The van der Waals surface area contributed by atoms with Gasteiger partial charge in [-0.3, -0.25) is 9.89 Å². The molecular weight excluding hydrogens is 296 g/mol. The molecule has 2 N–H and O–H groups in total. The Hall–Kier alpha value is -2.77. The minimum atomic E-state index is -1.36. The van der Waals surface area contributed by atoms with Gasteiger partial charge < -0.3 is 10.1 Å². The van der Waals surface area contributed by atoms with E-state index in [1.165, 1.54) is 6.20 Å². The number of benzene rings is 1. The zero-order valence-corrected chi connectivity index (χ0v) is 11.6. The van der Waals surface area contributed by atoms with Crippen LogP contribution in [0.4, 0.5) is 8.78 Å². The summed E-state index contributed by atoms with van der Waals surface area (Å²) in [5.74, 6) is -3.13. The molecule has 0 aliphatic rings. The number of nitrogens with zero attached hydrogens (tertiary/aromatic N) is 1. The van der Waals surface area contributed by atoms with Gasteiger partial charge in [-0.1, -0.05) is 6.07 Å². The van der Waals surface area contributed by atoms with Crippen LogP contribution in [0.25, 0.3) is 0 Å². The molecule has 1 heterocycles. The molecule has 116 valence electrons. The number of ether oxygens (including phenoxy) is 1. The summed E-state index contributed by atoms with van der Waals surface area (Å²) in [5, 5.41) is 8.64. The molecule has 2 aromatic rings. The Morgan fingerprint density at radius 2 is 2.14 bits per heavy atom. The molecule has 0 bridgehead atoms. The molecule has 6 nitrogen and oxygen atoms in total. The molecule has 0 fully saturated rings. The van der Waals surface area contributed by atoms with Gasteiger partial charge in [0.25, 0.3) is 0 Å². The van der Waals surface area contributed by atoms with Crippen molar-refractivity contribution < 1.29 is 23.1 Å². The fourth-order valence-corrected chi connectivity index (χ4v) is 1.89. The highest BCUT2D eigenvalue weighted by molar-refractivity contribution is 5.86. The van der Waals surface area contributed by atoms with Gasteiger partial charge in [0.05, 0.1) is 13.5 Å². The molecule has 0 unspecified atom stereocenters. The van der Waals surface area contributed by atoms with Crippen LogP contribution in [-0.2, 0) is 20.7 Å². The van der Waals surface area contributed by atoms with Crippen LogP contribution in [0.1, 0.15) is 17.3 Å². The fraction of sp³-hybridized carbons (Fsp3) is 0.214. The number of hydrogen-bond acceptors (Lipinski definition) is 4. The average Bonchev–Trinajstić information content (AvgIpc) is 2.97. The highest BCUT2D eigenvalue weighted by Crippen LogP contribution is 2.19. The first-order chi connectivity index (χ1) is 10.5. The van der Waals surface area contributed by atoms with Crippen molar-refractivity contribution >= 4 is 11.9 Å². The predicted molar refractivity (Wildman–Crippen MR) is 71.5 cm³/mol. The molecule has 1 amide bonds. The van der Waals surface area contributed by atoms with E-state index in [0.717, 1.165) is 19.2 Å². The highest BCUT2D eigenvalue weighted by Gasteiger charge is 2.26. The van der Waals surface area contributed by atoms with Crippen molar-refractivity contribution in [2.75, 3.05) is 7.11 Å². The number of esters is 1. The number of rotatable bonds is 5. The van der Waals surface area contributed by atoms with E-state index in [-0.39, 0.29) is 12.0 Å². The molecule has 0 aliphatic carbocycles. The van der Waals surface area contributed by atoms with Gasteiger partial charge in [-0.15, -0.1) is 0 Å². The Kier molecular flexibility index (Phi) is 4.82. The summed E-state index contributed by atoms with van der Waals surface area (Å²) in [7, 11) is 1.11. The maximum Gasteiger partial charge on any atom is 0.333 e. The van der Waals surface area contributed by atoms with Crippen LogP contribution >= 0.6 is 0 Å². The lowest BCUT2D eigenvalue weighted by atomic mass is 10.1. The standard InChI is InChI=1S/C14H13F2N3O3/c1-22-14(21)13(10-3-2-8(15)6-11(10)16)18-12(20)7-9-4-5-17-19-9/h2-6,13H,7H2,1H3,(H,17,19)(H,18,20)/t13-/m0/s1. The number of carbonyl (C=O) groups is 2. The van der Waals surface area contributed by atoms with Gasteiger partial charge >= 0.3 is 5.97 Å². The monoisotopic (exact) mass is 309 g/mol. The Labute approximate surface area is 124 Å². The molecule has 1 aromatic heterocycles. The van der Waals surface area contributed by atoms with Crippen LogP contribution in [0.15, 0.2) is 30.5 Å². The number of hydrogen-bond donors (Lipinski definition) is 2. The SMILES string of the molecule is COC(=O)[C@@H](NC(=O)Cc1ccn[nH]1)c1ccc(F)cc1F. The molecule has 1 aromatic carbocycles. The molecule has 1 atom stereocenters. The van der Waals surface area contributed by atoms with Crippen molar-refractivity contribution in [3.8, 4) is 0 Å². The summed E-state index contributed by atoms with van der Waals surface area (Å²) in [6.45, 7) is 0. The first-order valence-electron chi connectivity index (χ1n) is 6.31. The Bertz CT molecular complexity index is 674. The molecule has 0 saturated carbocycles. The van der Waals surface area contributed by atoms with Gasteiger partial charge in [0, 0.05) is 23.5 Å². The van der Waals surface area contributed by atoms with Crippen molar-refractivity contribution in [2.45, 2.75) is 12.5 Å². The van der Waals surface area contributed by atoms with Gasteiger partial charge in [0.1, 0.15) is 11.6 Å². The number of nitrogens with one attached hydrogen (secondary N) is 2. The topological polar surface area (TPSA) is 84.1 Å². The molecule has 0 saturated heterocycles. The van der Waals surface area contributed by atoms with Crippen LogP contribution in [0, 0.1) is 11.6 Å². The zero-order valence-electron chi connectivity index (χ0n) is 11.6. The first-order valence-corrected chi connectivity index (χ1v) is 6.31. The van der Waals surface area contributed by atoms with E-state index in [1.807, 2.05) is 0 Å². The fourth-order valence-electron chi connectivity index (χ4n) is 1.89. The number of aromatic nitrogens is 2. The molecule has 0 radical (unpaired) electrons. The third kappa shape index (κ3) is 3.66. The maximum atomic E-state index is 13.8. The zero-order chi connectivity index (χ0) is 16.1. The summed E-state index contributed by atoms with van der Waals surface area (Å²) in [5.41, 5.74) is 0.354. The van der Waals surface area contributed by atoms with Crippen LogP contribution in [0.5, 0.6) is 0 Å². The lowest BCUT2D eigenvalue weighted by Gasteiger charge is -2.17. The number of amides is 1. The van der Waals surface area contributed by atoms with Crippen LogP contribution in [0.3, 0.4) is 0 Å². The molecule has 22 heavy (non-hydrogen) atoms. The Morgan fingerprint density at radius 3 is 2.73 bits per heavy atom. The molecule has 2 rings (SSSR count). The van der Waals surface area contributed by atoms with Crippen molar-refractivity contribution in [1.82, 2.24) is 15.5 Å². The molecule has 0 aliphatic heterocycles. The van der Waals surface area contributed by atoms with Gasteiger partial charge in [-0.05, 0) is 12.1 Å². The third-order valence-corrected chi connectivity index (χ3v) is 2.93. The van der Waals surface area contributed by atoms with E-state index in [1.54, 1.807) is 6.07 Å². The van der Waals surface area contributed by atoms with Crippen LogP contribution in [-0.4, -0.2) is 29.2 Å². The van der Waals surface area contributed by atoms with Crippen LogP contribution < -0.4 is 5.32 Å². The average molecular weight is 309 g/mol. The summed E-state index contributed by atoms with van der Waals surface area (Å²) in [6, 6.07) is 2.94. The number of halogens is 2. The number of methoxy groups -OCH3 is 1. The lowest BCUT2D eigenvalue weighted by molar-refractivity contribution is -0.145. The minimum absolute atomic E-state index is 0.0731. The third-order valence-electron chi connectivity index (χ3n) is 2.93. The Balaban J connectivity index is 2.19. The largest absolute Gasteiger partial charge is 0.467 e. The van der Waals surface area contributed by atoms with Gasteiger partial charge in [-0.25, -0.2) is 13.6 Å². The van der Waals surface area contributed by atoms with E-state index in [4.69, 9.17) is 0 Å². The van der Waals surface area contributed by atoms with Crippen molar-refractivity contribution in [3.05, 3.63) is 53.4 Å². The second kappa shape index (κ2) is 6.79.